The molecule has 4 heteroatoms. The van der Waals surface area contributed by atoms with Crippen molar-refractivity contribution in [3.63, 3.8) is 0 Å². The molecule has 1 fully saturated rings. The van der Waals surface area contributed by atoms with Crippen molar-refractivity contribution >= 4 is 22.1 Å². The second-order valence-corrected chi connectivity index (χ2v) is 5.83. The lowest BCUT2D eigenvalue weighted by atomic mass is 10.1. The fourth-order valence-electron chi connectivity index (χ4n) is 2.41. The molecule has 1 aliphatic heterocycles. The zero-order valence-electron chi connectivity index (χ0n) is 11.6. The van der Waals surface area contributed by atoms with Gasteiger partial charge in [0.05, 0.1) is 0 Å². The van der Waals surface area contributed by atoms with Crippen LogP contribution in [0.2, 0.25) is 0 Å². The highest BCUT2D eigenvalue weighted by Crippen LogP contribution is 2.09. The average Bonchev–Trinajstić information content (AvgIpc) is 2.46. The minimum absolute atomic E-state index is 0.962. The van der Waals surface area contributed by atoms with Crippen molar-refractivity contribution in [3.8, 4) is 0 Å². The molecular weight excluding hydrogens is 302 g/mol. The van der Waals surface area contributed by atoms with Crippen LogP contribution >= 0.6 is 15.9 Å². The van der Waals surface area contributed by atoms with Crippen molar-refractivity contribution in [2.24, 2.45) is 4.99 Å². The summed E-state index contributed by atoms with van der Waals surface area (Å²) in [6.45, 7) is 3.72. The van der Waals surface area contributed by atoms with Gasteiger partial charge in [-0.15, -0.1) is 0 Å². The number of hydrogen-bond acceptors (Lipinski definition) is 2. The highest BCUT2D eigenvalue weighted by Gasteiger charge is 2.07. The summed E-state index contributed by atoms with van der Waals surface area (Å²) in [6.07, 6.45) is 11.6. The van der Waals surface area contributed by atoms with Crippen LogP contribution in [0.1, 0.15) is 25.7 Å². The number of nitrogens with zero attached hydrogens (tertiary/aromatic N) is 3. The van der Waals surface area contributed by atoms with Gasteiger partial charge in [0.25, 0.3) is 0 Å². The van der Waals surface area contributed by atoms with E-state index in [-0.39, 0.29) is 0 Å². The minimum Gasteiger partial charge on any atom is -0.309 e. The van der Waals surface area contributed by atoms with Gasteiger partial charge in [-0.3, -0.25) is 4.99 Å². The van der Waals surface area contributed by atoms with Crippen LogP contribution in [0.4, 0.5) is 0 Å². The van der Waals surface area contributed by atoms with E-state index in [1.54, 1.807) is 0 Å². The van der Waals surface area contributed by atoms with Gasteiger partial charge in [0, 0.05) is 30.5 Å². The topological polar surface area (TPSA) is 20.5 Å². The van der Waals surface area contributed by atoms with Crippen molar-refractivity contribution < 1.29 is 0 Å². The average molecular weight is 324 g/mol. The molecular formula is C15H22BrN3. The summed E-state index contributed by atoms with van der Waals surface area (Å²) in [5.41, 5.74) is 0.962. The van der Waals surface area contributed by atoms with E-state index in [9.17, 15) is 0 Å². The summed E-state index contributed by atoms with van der Waals surface area (Å²) in [5.74, 6) is 0. The zero-order valence-corrected chi connectivity index (χ0v) is 13.1. The number of rotatable bonds is 4. The zero-order chi connectivity index (χ0) is 13.5. The first-order valence-corrected chi connectivity index (χ1v) is 7.78. The van der Waals surface area contributed by atoms with E-state index >= 15 is 0 Å². The molecule has 0 aromatic carbocycles. The summed E-state index contributed by atoms with van der Waals surface area (Å²) < 4.78 is 3.12. The van der Waals surface area contributed by atoms with Crippen molar-refractivity contribution in [2.45, 2.75) is 25.7 Å². The van der Waals surface area contributed by atoms with Gasteiger partial charge in [0.2, 0.25) is 0 Å². The standard InChI is InChI=1S/C15H22BrN3/c1-17-15-13-14(16)7-12-19(15)11-6-5-10-18-8-3-2-4-9-18/h6-7,11-13H,2-5,8-10H2,1H3/b11-6+,17-15?. The first-order valence-electron chi connectivity index (χ1n) is 6.99. The van der Waals surface area contributed by atoms with Gasteiger partial charge < -0.3 is 9.47 Å². The maximum atomic E-state index is 4.27. The molecule has 0 radical (unpaired) electrons. The predicted molar refractivity (Wildman–Crippen MR) is 83.9 cm³/mol. The van der Waals surface area contributed by atoms with Crippen LogP contribution in [0.5, 0.6) is 0 Å². The summed E-state index contributed by atoms with van der Waals surface area (Å²) in [6, 6.07) is 4.05. The third kappa shape index (κ3) is 4.62. The molecule has 1 aromatic heterocycles. The second-order valence-electron chi connectivity index (χ2n) is 4.91. The Balaban J connectivity index is 1.88. The Morgan fingerprint density at radius 3 is 2.84 bits per heavy atom. The number of pyridine rings is 1. The summed E-state index contributed by atoms with van der Waals surface area (Å²) in [5, 5.41) is 0. The molecule has 3 nitrogen and oxygen atoms in total. The molecule has 0 atom stereocenters. The van der Waals surface area contributed by atoms with Crippen molar-refractivity contribution in [1.82, 2.24) is 9.47 Å². The van der Waals surface area contributed by atoms with Crippen molar-refractivity contribution in [3.05, 3.63) is 34.4 Å². The van der Waals surface area contributed by atoms with E-state index in [0.717, 1.165) is 16.4 Å². The molecule has 2 rings (SSSR count). The first-order chi connectivity index (χ1) is 9.29. The smallest absolute Gasteiger partial charge is 0.132 e. The van der Waals surface area contributed by atoms with Crippen LogP contribution in [0.15, 0.2) is 33.9 Å². The molecule has 0 aliphatic carbocycles. The fourth-order valence-corrected chi connectivity index (χ4v) is 2.73. The lowest BCUT2D eigenvalue weighted by Crippen LogP contribution is -2.30. The van der Waals surface area contributed by atoms with Crippen LogP contribution in [-0.2, 0) is 0 Å². The Morgan fingerprint density at radius 2 is 2.11 bits per heavy atom. The summed E-state index contributed by atoms with van der Waals surface area (Å²) in [7, 11) is 1.82. The Labute approximate surface area is 123 Å². The largest absolute Gasteiger partial charge is 0.309 e. The van der Waals surface area contributed by atoms with Gasteiger partial charge in [-0.2, -0.15) is 0 Å². The van der Waals surface area contributed by atoms with E-state index in [1.165, 1.54) is 38.9 Å². The molecule has 0 saturated carbocycles. The fraction of sp³-hybridized carbons (Fsp3) is 0.533. The normalized spacial score (nSPS) is 18.3. The molecule has 104 valence electrons. The lowest BCUT2D eigenvalue weighted by molar-refractivity contribution is 0.233. The summed E-state index contributed by atoms with van der Waals surface area (Å²) >= 11 is 3.47. The van der Waals surface area contributed by atoms with Gasteiger partial charge >= 0.3 is 0 Å². The van der Waals surface area contributed by atoms with Crippen LogP contribution in [0, 0.1) is 0 Å². The Morgan fingerprint density at radius 1 is 1.32 bits per heavy atom. The Bertz CT molecular complexity index is 484. The number of halogens is 1. The van der Waals surface area contributed by atoms with Gasteiger partial charge in [-0.25, -0.2) is 0 Å². The lowest BCUT2D eigenvalue weighted by Gasteiger charge is -2.25. The van der Waals surface area contributed by atoms with Crippen LogP contribution in [0.25, 0.3) is 6.20 Å². The van der Waals surface area contributed by atoms with Gasteiger partial charge in [0.15, 0.2) is 0 Å². The quantitative estimate of drug-likeness (QED) is 0.833. The second kappa shape index (κ2) is 7.65. The SMILES string of the molecule is CN=c1cc(Br)ccn1/C=C/CCN1CCCCC1. The Hall–Kier alpha value is -0.870. The molecule has 0 unspecified atom stereocenters. The summed E-state index contributed by atoms with van der Waals surface area (Å²) in [4.78, 5) is 6.83. The maximum Gasteiger partial charge on any atom is 0.132 e. The van der Waals surface area contributed by atoms with E-state index in [4.69, 9.17) is 0 Å². The number of piperidine rings is 1. The molecule has 0 N–H and O–H groups in total. The van der Waals surface area contributed by atoms with Crippen LogP contribution < -0.4 is 5.49 Å². The molecule has 1 saturated heterocycles. The molecule has 2 heterocycles. The molecule has 19 heavy (non-hydrogen) atoms. The third-order valence-electron chi connectivity index (χ3n) is 3.48. The number of aromatic nitrogens is 1. The van der Waals surface area contributed by atoms with Crippen molar-refractivity contribution in [2.75, 3.05) is 26.7 Å². The molecule has 1 aliphatic rings. The molecule has 1 aromatic rings. The third-order valence-corrected chi connectivity index (χ3v) is 3.97. The molecule has 0 bridgehead atoms. The van der Waals surface area contributed by atoms with E-state index in [1.807, 2.05) is 25.4 Å². The van der Waals surface area contributed by atoms with Gasteiger partial charge in [-0.1, -0.05) is 28.4 Å². The Kier molecular flexibility index (Phi) is 5.86. The molecule has 0 amide bonds. The van der Waals surface area contributed by atoms with Crippen LogP contribution in [-0.4, -0.2) is 36.1 Å². The minimum atomic E-state index is 0.962. The van der Waals surface area contributed by atoms with Crippen molar-refractivity contribution in [1.29, 1.82) is 0 Å². The monoisotopic (exact) mass is 323 g/mol. The first kappa shape index (κ1) is 14.5. The number of hydrogen-bond donors (Lipinski definition) is 0. The van der Waals surface area contributed by atoms with Gasteiger partial charge in [0.1, 0.15) is 5.49 Å². The maximum absolute atomic E-state index is 4.27. The molecule has 0 spiro atoms. The predicted octanol–water partition coefficient (Wildman–Crippen LogP) is 3.13. The number of likely N-dealkylation sites (tertiary alicyclic amines) is 1. The highest BCUT2D eigenvalue weighted by atomic mass is 79.9. The van der Waals surface area contributed by atoms with Gasteiger partial charge in [-0.05, 0) is 44.5 Å². The highest BCUT2D eigenvalue weighted by molar-refractivity contribution is 9.10. The van der Waals surface area contributed by atoms with E-state index in [2.05, 4.69) is 42.7 Å². The van der Waals surface area contributed by atoms with Crippen LogP contribution in [0.3, 0.4) is 0 Å². The van der Waals surface area contributed by atoms with E-state index in [0.29, 0.717) is 0 Å². The van der Waals surface area contributed by atoms with E-state index < -0.39 is 0 Å².